The number of ketones is 3. The average Bonchev–Trinajstić information content (AvgIpc) is 2.65. The minimum atomic E-state index is -0.791. The van der Waals surface area contributed by atoms with Gasteiger partial charge < -0.3 is 9.47 Å². The van der Waals surface area contributed by atoms with Crippen LogP contribution in [-0.4, -0.2) is 43.5 Å². The molecule has 0 aromatic rings. The van der Waals surface area contributed by atoms with E-state index < -0.39 is 28.2 Å². The van der Waals surface area contributed by atoms with Crippen molar-refractivity contribution in [1.82, 2.24) is 0 Å². The maximum atomic E-state index is 11.9. The Kier molecular flexibility index (Phi) is 12.3. The van der Waals surface area contributed by atoms with Gasteiger partial charge in [0.25, 0.3) is 0 Å². The number of carbonyl (C=O) groups excluding carboxylic acids is 5. The Balaban J connectivity index is 0. The number of hydrogen-bond donors (Lipinski definition) is 0. The van der Waals surface area contributed by atoms with Gasteiger partial charge in [-0.05, 0) is 40.0 Å². The lowest BCUT2D eigenvalue weighted by Gasteiger charge is -2.34. The summed E-state index contributed by atoms with van der Waals surface area (Å²) in [6.07, 6.45) is 0.918. The summed E-state index contributed by atoms with van der Waals surface area (Å²) in [6.45, 7) is 20.6. The van der Waals surface area contributed by atoms with E-state index in [-0.39, 0.29) is 29.3 Å². The molecule has 1 unspecified atom stereocenters. The molecular formula is C25H40O7. The maximum Gasteiger partial charge on any atom is 0.333 e. The van der Waals surface area contributed by atoms with E-state index in [0.717, 1.165) is 0 Å². The number of hydrogen-bond acceptors (Lipinski definition) is 7. The monoisotopic (exact) mass is 452 g/mol. The van der Waals surface area contributed by atoms with Gasteiger partial charge in [0.2, 0.25) is 0 Å². The summed E-state index contributed by atoms with van der Waals surface area (Å²) in [4.78, 5) is 57.0. The van der Waals surface area contributed by atoms with Crippen molar-refractivity contribution in [1.29, 1.82) is 0 Å². The number of ether oxygens (including phenoxy) is 2. The Morgan fingerprint density at radius 2 is 0.969 bits per heavy atom. The first-order valence-corrected chi connectivity index (χ1v) is 10.3. The molecule has 182 valence electrons. The van der Waals surface area contributed by atoms with Gasteiger partial charge in [-0.25, -0.2) is 9.59 Å². The summed E-state index contributed by atoms with van der Waals surface area (Å²) in [7, 11) is 2.58. The Morgan fingerprint density at radius 1 is 0.625 bits per heavy atom. The van der Waals surface area contributed by atoms with Crippen LogP contribution in [-0.2, 0) is 33.4 Å². The van der Waals surface area contributed by atoms with Gasteiger partial charge in [0.1, 0.15) is 17.3 Å². The lowest BCUT2D eigenvalue weighted by Crippen LogP contribution is -2.36. The molecule has 0 amide bonds. The number of carbonyl (C=O) groups is 5. The molecule has 0 saturated carbocycles. The minimum Gasteiger partial charge on any atom is -0.466 e. The van der Waals surface area contributed by atoms with Crippen LogP contribution in [0.1, 0.15) is 74.7 Å². The predicted octanol–water partition coefficient (Wildman–Crippen LogP) is 4.43. The predicted molar refractivity (Wildman–Crippen MR) is 124 cm³/mol. The first kappa shape index (κ1) is 31.6. The molecule has 0 aromatic heterocycles. The molecule has 0 saturated heterocycles. The van der Waals surface area contributed by atoms with Crippen molar-refractivity contribution in [2.24, 2.45) is 16.2 Å². The first-order valence-electron chi connectivity index (χ1n) is 10.3. The van der Waals surface area contributed by atoms with Crippen LogP contribution in [0.2, 0.25) is 0 Å². The zero-order chi connectivity index (χ0) is 26.1. The van der Waals surface area contributed by atoms with E-state index in [9.17, 15) is 24.0 Å². The van der Waals surface area contributed by atoms with Crippen LogP contribution in [0.4, 0.5) is 0 Å². The van der Waals surface area contributed by atoms with Crippen LogP contribution in [0.15, 0.2) is 24.3 Å². The van der Waals surface area contributed by atoms with Crippen LogP contribution in [0.3, 0.4) is 0 Å². The Hall–Kier alpha value is -2.57. The largest absolute Gasteiger partial charge is 0.466 e. The third kappa shape index (κ3) is 10.2. The summed E-state index contributed by atoms with van der Waals surface area (Å²) >= 11 is 0. The second-order valence-corrected chi connectivity index (χ2v) is 9.72. The minimum absolute atomic E-state index is 0.0173. The molecular weight excluding hydrogens is 412 g/mol. The van der Waals surface area contributed by atoms with Gasteiger partial charge in [-0.15, -0.1) is 0 Å². The third-order valence-corrected chi connectivity index (χ3v) is 5.80. The zero-order valence-corrected chi connectivity index (χ0v) is 21.4. The van der Waals surface area contributed by atoms with Gasteiger partial charge in [-0.2, -0.15) is 0 Å². The van der Waals surface area contributed by atoms with Gasteiger partial charge in [0.15, 0.2) is 0 Å². The van der Waals surface area contributed by atoms with Crippen molar-refractivity contribution in [2.75, 3.05) is 14.2 Å². The van der Waals surface area contributed by atoms with Gasteiger partial charge >= 0.3 is 11.9 Å². The highest BCUT2D eigenvalue weighted by Crippen LogP contribution is 2.39. The molecule has 0 bridgehead atoms. The van der Waals surface area contributed by atoms with Crippen molar-refractivity contribution in [2.45, 2.75) is 74.7 Å². The Morgan fingerprint density at radius 3 is 1.25 bits per heavy atom. The Bertz CT molecular complexity index is 771. The van der Waals surface area contributed by atoms with E-state index in [0.29, 0.717) is 18.4 Å². The standard InChI is InChI=1S/C15H24O4.C10H16O3/c1-10(13(18)19-7)8-15(6,12(3)17)9-14(4,5)11(2)16;1-7(9(12)13-5)6-10(3,4)8(2)11/h1,8-9H2,2-7H3;1,6H2,2-5H3. The Labute approximate surface area is 192 Å². The lowest BCUT2D eigenvalue weighted by atomic mass is 9.67. The van der Waals surface area contributed by atoms with Crippen LogP contribution in [0.5, 0.6) is 0 Å². The smallest absolute Gasteiger partial charge is 0.333 e. The second kappa shape index (κ2) is 12.5. The molecule has 0 radical (unpaired) electrons. The van der Waals surface area contributed by atoms with Crippen LogP contribution < -0.4 is 0 Å². The number of esters is 2. The third-order valence-electron chi connectivity index (χ3n) is 5.80. The fourth-order valence-electron chi connectivity index (χ4n) is 2.97. The number of Topliss-reactive ketones (excluding diaryl/α,β-unsaturated/α-hetero) is 3. The fraction of sp³-hybridized carbons (Fsp3) is 0.640. The van der Waals surface area contributed by atoms with Crippen molar-refractivity contribution in [3.8, 4) is 0 Å². The molecule has 7 nitrogen and oxygen atoms in total. The number of methoxy groups -OCH3 is 2. The van der Waals surface area contributed by atoms with Gasteiger partial charge in [0, 0.05) is 27.4 Å². The molecule has 1 atom stereocenters. The summed E-state index contributed by atoms with van der Waals surface area (Å²) in [5.74, 6) is -0.976. The van der Waals surface area contributed by atoms with Crippen molar-refractivity contribution in [3.63, 3.8) is 0 Å². The molecule has 0 aromatic carbocycles. The van der Waals surface area contributed by atoms with Crippen molar-refractivity contribution >= 4 is 29.3 Å². The van der Waals surface area contributed by atoms with Crippen molar-refractivity contribution in [3.05, 3.63) is 24.3 Å². The molecule has 7 heteroatoms. The SMILES string of the molecule is C=C(CC(C)(C)C(C)=O)C(=O)OC.C=C(CC(C)(CC(C)(C)C(C)=O)C(C)=O)C(=O)OC. The molecule has 32 heavy (non-hydrogen) atoms. The molecule has 0 fully saturated rings. The van der Waals surface area contributed by atoms with Crippen LogP contribution >= 0.6 is 0 Å². The highest BCUT2D eigenvalue weighted by Gasteiger charge is 2.39. The fourth-order valence-corrected chi connectivity index (χ4v) is 2.97. The number of rotatable bonds is 11. The van der Waals surface area contributed by atoms with E-state index in [4.69, 9.17) is 0 Å². The van der Waals surface area contributed by atoms with Crippen LogP contribution in [0, 0.1) is 16.2 Å². The normalized spacial score (nSPS) is 12.9. The molecule has 0 aliphatic rings. The molecule has 0 N–H and O–H groups in total. The summed E-state index contributed by atoms with van der Waals surface area (Å²) in [5, 5.41) is 0. The van der Waals surface area contributed by atoms with Crippen LogP contribution in [0.25, 0.3) is 0 Å². The molecule has 0 heterocycles. The molecule has 0 aliphatic heterocycles. The van der Waals surface area contributed by atoms with Crippen molar-refractivity contribution < 1.29 is 33.4 Å². The van der Waals surface area contributed by atoms with Gasteiger partial charge in [0.05, 0.1) is 14.2 Å². The summed E-state index contributed by atoms with van der Waals surface area (Å²) in [6, 6.07) is 0. The first-order chi connectivity index (χ1) is 14.3. The van der Waals surface area contributed by atoms with E-state index in [2.05, 4.69) is 22.6 Å². The highest BCUT2D eigenvalue weighted by molar-refractivity contribution is 5.91. The van der Waals surface area contributed by atoms with E-state index in [1.165, 1.54) is 35.0 Å². The van der Waals surface area contributed by atoms with Gasteiger partial charge in [-0.3, -0.25) is 14.4 Å². The lowest BCUT2D eigenvalue weighted by molar-refractivity contribution is -0.138. The van der Waals surface area contributed by atoms with E-state index in [1.807, 2.05) is 0 Å². The highest BCUT2D eigenvalue weighted by atomic mass is 16.5. The second-order valence-electron chi connectivity index (χ2n) is 9.72. The van der Waals surface area contributed by atoms with E-state index in [1.54, 1.807) is 34.6 Å². The topological polar surface area (TPSA) is 104 Å². The molecule has 0 aliphatic carbocycles. The zero-order valence-electron chi connectivity index (χ0n) is 21.4. The average molecular weight is 453 g/mol. The molecule has 0 spiro atoms. The van der Waals surface area contributed by atoms with E-state index >= 15 is 0 Å². The summed E-state index contributed by atoms with van der Waals surface area (Å²) in [5.41, 5.74) is -1.36. The summed E-state index contributed by atoms with van der Waals surface area (Å²) < 4.78 is 9.09. The van der Waals surface area contributed by atoms with Gasteiger partial charge in [-0.1, -0.05) is 47.8 Å². The molecule has 0 rings (SSSR count). The quantitative estimate of drug-likeness (QED) is 0.337. The maximum absolute atomic E-state index is 11.9.